The molecule has 1 unspecified atom stereocenters. The topological polar surface area (TPSA) is 103 Å². The minimum Gasteiger partial charge on any atom is -0.495 e. The predicted octanol–water partition coefficient (Wildman–Crippen LogP) is 3.15. The molecule has 0 fully saturated rings. The van der Waals surface area contributed by atoms with Crippen LogP contribution in [0.3, 0.4) is 0 Å². The summed E-state index contributed by atoms with van der Waals surface area (Å²) in [5.74, 6) is 1.08. The van der Waals surface area contributed by atoms with E-state index in [1.54, 1.807) is 25.3 Å². The Bertz CT molecular complexity index is 1200. The van der Waals surface area contributed by atoms with Gasteiger partial charge in [-0.15, -0.1) is 0 Å². The van der Waals surface area contributed by atoms with Crippen LogP contribution in [-0.2, 0) is 5.79 Å². The third kappa shape index (κ3) is 3.22. The van der Waals surface area contributed by atoms with Gasteiger partial charge in [-0.1, -0.05) is 11.6 Å². The summed E-state index contributed by atoms with van der Waals surface area (Å²) in [6, 6.07) is 9.47. The molecule has 2 heterocycles. The number of amidine groups is 1. The summed E-state index contributed by atoms with van der Waals surface area (Å²) in [5.41, 5.74) is 17.7. The summed E-state index contributed by atoms with van der Waals surface area (Å²) in [7, 11) is 1.56. The van der Waals surface area contributed by atoms with Gasteiger partial charge < -0.3 is 15.8 Å². The molecular weight excluding hydrogens is 388 g/mol. The number of benzene rings is 2. The Kier molecular flexibility index (Phi) is 4.52. The number of aliphatic imine (C=N–C) groups is 1. The van der Waals surface area contributed by atoms with E-state index in [1.165, 1.54) is 11.1 Å². The Balaban J connectivity index is 1.82. The number of rotatable bonds is 3. The van der Waals surface area contributed by atoms with Gasteiger partial charge in [0.25, 0.3) is 0 Å². The van der Waals surface area contributed by atoms with Crippen LogP contribution in [0.1, 0.15) is 22.5 Å². The summed E-state index contributed by atoms with van der Waals surface area (Å²) >= 11 is 6.30. The number of nitrogens with zero attached hydrogens (tertiary/aromatic N) is 3. The summed E-state index contributed by atoms with van der Waals surface area (Å²) in [6.45, 7) is 6.09. The molecule has 0 saturated heterocycles. The summed E-state index contributed by atoms with van der Waals surface area (Å²) in [6.07, 6.45) is 1.75. The molecule has 1 aliphatic rings. The highest BCUT2D eigenvalue weighted by Gasteiger charge is 2.32. The lowest BCUT2D eigenvalue weighted by atomic mass is 10.1. The van der Waals surface area contributed by atoms with Crippen molar-refractivity contribution >= 4 is 34.3 Å². The van der Waals surface area contributed by atoms with Gasteiger partial charge in [-0.2, -0.15) is 0 Å². The first-order valence-corrected chi connectivity index (χ1v) is 9.54. The molecule has 0 spiro atoms. The molecule has 0 aliphatic carbocycles. The molecule has 8 heteroatoms. The van der Waals surface area contributed by atoms with E-state index in [0.717, 1.165) is 16.9 Å². The maximum absolute atomic E-state index is 6.62. The molecule has 2 aromatic carbocycles. The summed E-state index contributed by atoms with van der Waals surface area (Å²) in [4.78, 5) is 9.13. The van der Waals surface area contributed by atoms with E-state index in [4.69, 9.17) is 32.8 Å². The van der Waals surface area contributed by atoms with Gasteiger partial charge in [-0.25, -0.2) is 9.98 Å². The van der Waals surface area contributed by atoms with Crippen molar-refractivity contribution in [2.24, 2.45) is 16.5 Å². The largest absolute Gasteiger partial charge is 0.495 e. The van der Waals surface area contributed by atoms with Gasteiger partial charge in [0.2, 0.25) is 5.79 Å². The third-order valence-corrected chi connectivity index (χ3v) is 5.47. The fraction of sp³-hybridized carbons (Fsp3) is 0.238. The van der Waals surface area contributed by atoms with Crippen LogP contribution in [0.2, 0.25) is 5.02 Å². The zero-order valence-electron chi connectivity index (χ0n) is 16.7. The third-order valence-electron chi connectivity index (χ3n) is 5.18. The number of halogens is 1. The Morgan fingerprint density at radius 3 is 2.55 bits per heavy atom. The first-order valence-electron chi connectivity index (χ1n) is 9.16. The monoisotopic (exact) mass is 410 g/mol. The van der Waals surface area contributed by atoms with Crippen molar-refractivity contribution in [3.05, 3.63) is 63.9 Å². The molecule has 3 aromatic rings. The highest BCUT2D eigenvalue weighted by Crippen LogP contribution is 2.32. The molecule has 0 amide bonds. The Hall–Kier alpha value is -3.03. The number of nitrogens with one attached hydrogen (secondary N) is 1. The maximum atomic E-state index is 6.62. The molecule has 1 aromatic heterocycles. The summed E-state index contributed by atoms with van der Waals surface area (Å²) < 4.78 is 7.22. The average molecular weight is 411 g/mol. The van der Waals surface area contributed by atoms with E-state index in [0.29, 0.717) is 28.0 Å². The second-order valence-corrected chi connectivity index (χ2v) is 7.63. The van der Waals surface area contributed by atoms with Crippen molar-refractivity contribution < 1.29 is 4.74 Å². The van der Waals surface area contributed by atoms with Gasteiger partial charge in [-0.3, -0.25) is 10.3 Å². The number of hydrogen-bond donors (Lipinski definition) is 3. The van der Waals surface area contributed by atoms with Crippen LogP contribution in [0.15, 0.2) is 41.4 Å². The van der Waals surface area contributed by atoms with E-state index >= 15 is 0 Å². The predicted molar refractivity (Wildman–Crippen MR) is 117 cm³/mol. The lowest BCUT2D eigenvalue weighted by Crippen LogP contribution is -2.52. The first-order chi connectivity index (χ1) is 13.7. The second-order valence-electron chi connectivity index (χ2n) is 7.23. The smallest absolute Gasteiger partial charge is 0.212 e. The minimum atomic E-state index is -1.28. The van der Waals surface area contributed by atoms with Crippen LogP contribution in [0.5, 0.6) is 5.75 Å². The van der Waals surface area contributed by atoms with Gasteiger partial charge in [0.1, 0.15) is 23.2 Å². The van der Waals surface area contributed by atoms with E-state index < -0.39 is 5.79 Å². The zero-order valence-corrected chi connectivity index (χ0v) is 17.5. The number of fused-ring (bicyclic) bond motifs is 1. The molecule has 1 aliphatic heterocycles. The van der Waals surface area contributed by atoms with Crippen LogP contribution in [-0.4, -0.2) is 22.5 Å². The number of ether oxygens (including phenoxy) is 1. The van der Waals surface area contributed by atoms with Crippen molar-refractivity contribution in [3.63, 3.8) is 0 Å². The van der Waals surface area contributed by atoms with Crippen LogP contribution < -0.4 is 21.5 Å². The fourth-order valence-electron chi connectivity index (χ4n) is 3.55. The van der Waals surface area contributed by atoms with Crippen molar-refractivity contribution in [1.29, 1.82) is 0 Å². The van der Waals surface area contributed by atoms with Crippen molar-refractivity contribution in [2.75, 3.05) is 7.11 Å². The van der Waals surface area contributed by atoms with Gasteiger partial charge in [0.15, 0.2) is 0 Å². The van der Waals surface area contributed by atoms with Crippen molar-refractivity contribution in [2.45, 2.75) is 26.6 Å². The molecule has 5 N–H and O–H groups in total. The van der Waals surface area contributed by atoms with Crippen LogP contribution in [0.25, 0.3) is 16.9 Å². The molecule has 29 heavy (non-hydrogen) atoms. The van der Waals surface area contributed by atoms with Crippen LogP contribution in [0.4, 0.5) is 0 Å². The second kappa shape index (κ2) is 6.79. The molecule has 0 bridgehead atoms. The molecule has 4 rings (SSSR count). The maximum Gasteiger partial charge on any atom is 0.212 e. The van der Waals surface area contributed by atoms with E-state index in [9.17, 15) is 0 Å². The summed E-state index contributed by atoms with van der Waals surface area (Å²) in [5, 5.41) is 3.75. The minimum absolute atomic E-state index is 0.304. The lowest BCUT2D eigenvalue weighted by Gasteiger charge is -2.33. The van der Waals surface area contributed by atoms with Gasteiger partial charge in [0, 0.05) is 11.6 Å². The molecular formula is C21H23ClN6O. The SMILES string of the molecule is COc1ccc(C2(N)N=C(N)C=C(n3c(C)nc4cc(C)c(C)cc43)N2)cc1Cl. The van der Waals surface area contributed by atoms with Gasteiger partial charge in [0.05, 0.1) is 23.2 Å². The number of nitrogens with two attached hydrogens (primary N) is 2. The van der Waals surface area contributed by atoms with E-state index in [-0.39, 0.29) is 0 Å². The van der Waals surface area contributed by atoms with Crippen LogP contribution in [0, 0.1) is 20.8 Å². The highest BCUT2D eigenvalue weighted by atomic mass is 35.5. The van der Waals surface area contributed by atoms with Gasteiger partial charge in [-0.05, 0) is 62.2 Å². The Morgan fingerprint density at radius 2 is 1.86 bits per heavy atom. The molecule has 150 valence electrons. The number of aromatic nitrogens is 2. The average Bonchev–Trinajstić information content (AvgIpc) is 2.96. The van der Waals surface area contributed by atoms with Gasteiger partial charge >= 0.3 is 0 Å². The molecule has 1 atom stereocenters. The number of imidazole rings is 1. The molecule has 0 saturated carbocycles. The van der Waals surface area contributed by atoms with Crippen molar-refractivity contribution in [3.8, 4) is 5.75 Å². The molecule has 7 nitrogen and oxygen atoms in total. The Morgan fingerprint density at radius 1 is 1.14 bits per heavy atom. The van der Waals surface area contributed by atoms with E-state index in [1.807, 2.05) is 17.6 Å². The first kappa shape index (κ1) is 19.3. The molecule has 0 radical (unpaired) electrons. The van der Waals surface area contributed by atoms with Crippen molar-refractivity contribution in [1.82, 2.24) is 14.9 Å². The standard InChI is InChI=1S/C21H23ClN6O/c1-11-7-16-17(8-12(11)2)28(13(3)25-16)20-10-19(23)26-21(24,27-20)14-5-6-18(29-4)15(22)9-14/h5-10,27H,24H2,1-4H3,(H2,23,26). The lowest BCUT2D eigenvalue weighted by molar-refractivity contribution is 0.403. The normalized spacial score (nSPS) is 19.0. The Labute approximate surface area is 174 Å². The quantitative estimate of drug-likeness (QED) is 0.615. The van der Waals surface area contributed by atoms with Crippen LogP contribution >= 0.6 is 11.6 Å². The zero-order chi connectivity index (χ0) is 20.9. The fourth-order valence-corrected chi connectivity index (χ4v) is 3.81. The number of aryl methyl sites for hydroxylation is 3. The number of hydrogen-bond acceptors (Lipinski definition) is 6. The highest BCUT2D eigenvalue weighted by molar-refractivity contribution is 6.32. The van der Waals surface area contributed by atoms with E-state index in [2.05, 4.69) is 36.3 Å². The number of methoxy groups -OCH3 is 1.